The van der Waals surface area contributed by atoms with Gasteiger partial charge in [0.25, 0.3) is 0 Å². The van der Waals surface area contributed by atoms with Gasteiger partial charge in [-0.05, 0) is 37.1 Å². The summed E-state index contributed by atoms with van der Waals surface area (Å²) < 4.78 is 12.9. The number of carbonyl (C=O) groups excluding carboxylic acids is 1. The van der Waals surface area contributed by atoms with E-state index in [9.17, 15) is 9.18 Å². The number of aryl methyl sites for hydroxylation is 1. The summed E-state index contributed by atoms with van der Waals surface area (Å²) in [6.07, 6.45) is 0. The van der Waals surface area contributed by atoms with Crippen LogP contribution in [-0.2, 0) is 11.3 Å². The summed E-state index contributed by atoms with van der Waals surface area (Å²) in [6.45, 7) is 4.24. The van der Waals surface area contributed by atoms with Crippen molar-refractivity contribution in [2.75, 3.05) is 14.1 Å². The monoisotopic (exact) mass is 238 g/mol. The molecule has 0 heterocycles. The number of halogens is 1. The Kier molecular flexibility index (Phi) is 4.63. The third-order valence-electron chi connectivity index (χ3n) is 2.71. The normalized spacial score (nSPS) is 12.3. The fourth-order valence-corrected chi connectivity index (χ4v) is 1.60. The van der Waals surface area contributed by atoms with Crippen LogP contribution in [0.1, 0.15) is 18.1 Å². The van der Waals surface area contributed by atoms with Crippen LogP contribution >= 0.6 is 0 Å². The molecule has 1 aromatic rings. The van der Waals surface area contributed by atoms with Gasteiger partial charge < -0.3 is 10.2 Å². The van der Waals surface area contributed by atoms with E-state index in [-0.39, 0.29) is 17.8 Å². The molecule has 17 heavy (non-hydrogen) atoms. The molecule has 1 atom stereocenters. The number of likely N-dealkylation sites (N-methyl/N-ethyl adjacent to an activating group) is 1. The van der Waals surface area contributed by atoms with Gasteiger partial charge in [0, 0.05) is 20.6 Å². The van der Waals surface area contributed by atoms with Crippen LogP contribution in [-0.4, -0.2) is 30.9 Å². The van der Waals surface area contributed by atoms with Crippen LogP contribution in [0.3, 0.4) is 0 Å². The van der Waals surface area contributed by atoms with Crippen LogP contribution in [0.4, 0.5) is 4.39 Å². The summed E-state index contributed by atoms with van der Waals surface area (Å²) in [4.78, 5) is 13.2. The second kappa shape index (κ2) is 5.77. The molecule has 0 fully saturated rings. The zero-order valence-corrected chi connectivity index (χ0v) is 10.7. The lowest BCUT2D eigenvalue weighted by Crippen LogP contribution is -2.41. The van der Waals surface area contributed by atoms with Crippen molar-refractivity contribution in [3.8, 4) is 0 Å². The fraction of sp³-hybridized carbons (Fsp3) is 0.462. The maximum atomic E-state index is 12.9. The van der Waals surface area contributed by atoms with E-state index >= 15 is 0 Å². The minimum Gasteiger partial charge on any atom is -0.347 e. The molecule has 0 aliphatic heterocycles. The Balaban J connectivity index is 2.59. The number of nitrogens with one attached hydrogen (secondary N) is 1. The molecule has 4 heteroatoms. The van der Waals surface area contributed by atoms with Crippen molar-refractivity contribution in [2.24, 2.45) is 0 Å². The van der Waals surface area contributed by atoms with Crippen molar-refractivity contribution in [1.82, 2.24) is 10.2 Å². The lowest BCUT2D eigenvalue weighted by atomic mass is 10.1. The minimum atomic E-state index is -0.241. The van der Waals surface area contributed by atoms with Crippen molar-refractivity contribution in [3.63, 3.8) is 0 Å². The lowest BCUT2D eigenvalue weighted by molar-refractivity contribution is -0.130. The van der Waals surface area contributed by atoms with Crippen molar-refractivity contribution in [1.29, 1.82) is 0 Å². The largest absolute Gasteiger partial charge is 0.347 e. The Morgan fingerprint density at radius 1 is 1.47 bits per heavy atom. The van der Waals surface area contributed by atoms with Crippen molar-refractivity contribution in [3.05, 3.63) is 35.1 Å². The van der Waals surface area contributed by atoms with Crippen molar-refractivity contribution >= 4 is 5.91 Å². The first-order chi connectivity index (χ1) is 7.91. The number of hydrogen-bond acceptors (Lipinski definition) is 2. The highest BCUT2D eigenvalue weighted by molar-refractivity contribution is 5.80. The predicted molar refractivity (Wildman–Crippen MR) is 66.1 cm³/mol. The van der Waals surface area contributed by atoms with E-state index in [1.165, 1.54) is 12.1 Å². The van der Waals surface area contributed by atoms with E-state index < -0.39 is 0 Å². The Morgan fingerprint density at radius 2 is 2.12 bits per heavy atom. The van der Waals surface area contributed by atoms with Crippen molar-refractivity contribution < 1.29 is 9.18 Å². The molecule has 3 nitrogen and oxygen atoms in total. The van der Waals surface area contributed by atoms with Crippen LogP contribution in [0.2, 0.25) is 0 Å². The maximum Gasteiger partial charge on any atom is 0.238 e. The molecule has 0 saturated heterocycles. The Labute approximate surface area is 102 Å². The van der Waals surface area contributed by atoms with Gasteiger partial charge >= 0.3 is 0 Å². The number of amides is 1. The van der Waals surface area contributed by atoms with Crippen LogP contribution in [0.15, 0.2) is 18.2 Å². The molecule has 1 aromatic carbocycles. The first-order valence-corrected chi connectivity index (χ1v) is 5.61. The summed E-state index contributed by atoms with van der Waals surface area (Å²) >= 11 is 0. The number of hydrogen-bond donors (Lipinski definition) is 1. The maximum absolute atomic E-state index is 12.9. The van der Waals surface area contributed by atoms with Gasteiger partial charge in [-0.25, -0.2) is 4.39 Å². The van der Waals surface area contributed by atoms with Gasteiger partial charge in [-0.3, -0.25) is 4.79 Å². The highest BCUT2D eigenvalue weighted by atomic mass is 19.1. The van der Waals surface area contributed by atoms with Gasteiger partial charge in [0.15, 0.2) is 0 Å². The molecular weight excluding hydrogens is 219 g/mol. The van der Waals surface area contributed by atoms with Gasteiger partial charge in [-0.2, -0.15) is 0 Å². The standard InChI is InChI=1S/C13H19FN2O/c1-9-7-12(14)6-5-11(9)8-15-10(2)13(17)16(3)4/h5-7,10,15H,8H2,1-4H3. The number of nitrogens with zero attached hydrogens (tertiary/aromatic N) is 1. The van der Waals surface area contributed by atoms with Crippen LogP contribution in [0.5, 0.6) is 0 Å². The summed E-state index contributed by atoms with van der Waals surface area (Å²) in [5, 5.41) is 3.13. The summed E-state index contributed by atoms with van der Waals surface area (Å²) in [6, 6.07) is 4.43. The third kappa shape index (κ3) is 3.82. The van der Waals surface area contributed by atoms with Crippen LogP contribution in [0.25, 0.3) is 0 Å². The predicted octanol–water partition coefficient (Wildman–Crippen LogP) is 1.70. The summed E-state index contributed by atoms with van der Waals surface area (Å²) in [7, 11) is 3.45. The molecule has 1 amide bonds. The quantitative estimate of drug-likeness (QED) is 0.866. The zero-order valence-electron chi connectivity index (χ0n) is 10.7. The minimum absolute atomic E-state index is 0.0322. The molecule has 94 valence electrons. The molecule has 0 aliphatic carbocycles. The molecule has 0 aromatic heterocycles. The first kappa shape index (κ1) is 13.6. The first-order valence-electron chi connectivity index (χ1n) is 5.61. The van der Waals surface area contributed by atoms with Gasteiger partial charge in [0.1, 0.15) is 5.82 Å². The topological polar surface area (TPSA) is 32.3 Å². The average molecular weight is 238 g/mol. The highest BCUT2D eigenvalue weighted by Gasteiger charge is 2.14. The summed E-state index contributed by atoms with van der Waals surface area (Å²) in [5.74, 6) is -0.201. The Morgan fingerprint density at radius 3 is 2.65 bits per heavy atom. The number of benzene rings is 1. The van der Waals surface area contributed by atoms with E-state index in [1.54, 1.807) is 25.1 Å². The smallest absolute Gasteiger partial charge is 0.238 e. The van der Waals surface area contributed by atoms with Gasteiger partial charge in [-0.1, -0.05) is 6.07 Å². The highest BCUT2D eigenvalue weighted by Crippen LogP contribution is 2.10. The van der Waals surface area contributed by atoms with Gasteiger partial charge in [0.05, 0.1) is 6.04 Å². The molecular formula is C13H19FN2O. The molecule has 1 rings (SSSR count). The fourth-order valence-electron chi connectivity index (χ4n) is 1.60. The Bertz CT molecular complexity index is 404. The SMILES string of the molecule is Cc1cc(F)ccc1CNC(C)C(=O)N(C)C. The van der Waals surface area contributed by atoms with E-state index in [0.29, 0.717) is 6.54 Å². The second-order valence-corrected chi connectivity index (χ2v) is 4.41. The van der Waals surface area contributed by atoms with E-state index in [4.69, 9.17) is 0 Å². The van der Waals surface area contributed by atoms with E-state index in [1.807, 2.05) is 13.8 Å². The lowest BCUT2D eigenvalue weighted by Gasteiger charge is -2.18. The van der Waals surface area contributed by atoms with Crippen molar-refractivity contribution in [2.45, 2.75) is 26.4 Å². The zero-order chi connectivity index (χ0) is 13.0. The number of carbonyl (C=O) groups is 1. The van der Waals surface area contributed by atoms with Gasteiger partial charge in [-0.15, -0.1) is 0 Å². The summed E-state index contributed by atoms with van der Waals surface area (Å²) in [5.41, 5.74) is 1.90. The molecule has 0 bridgehead atoms. The molecule has 0 aliphatic rings. The molecule has 0 spiro atoms. The molecule has 0 radical (unpaired) electrons. The third-order valence-corrected chi connectivity index (χ3v) is 2.71. The second-order valence-electron chi connectivity index (χ2n) is 4.41. The molecule has 1 N–H and O–H groups in total. The molecule has 1 unspecified atom stereocenters. The van der Waals surface area contributed by atoms with Gasteiger partial charge in [0.2, 0.25) is 5.91 Å². The van der Waals surface area contributed by atoms with E-state index in [2.05, 4.69) is 5.32 Å². The Hall–Kier alpha value is -1.42. The average Bonchev–Trinajstić information content (AvgIpc) is 2.26. The van der Waals surface area contributed by atoms with Crippen LogP contribution < -0.4 is 5.32 Å². The molecule has 0 saturated carbocycles. The van der Waals surface area contributed by atoms with E-state index in [0.717, 1.165) is 11.1 Å². The van der Waals surface area contributed by atoms with Crippen LogP contribution in [0, 0.1) is 12.7 Å². The number of rotatable bonds is 4.